The molecule has 0 fully saturated rings. The van der Waals surface area contributed by atoms with E-state index in [4.69, 9.17) is 0 Å². The van der Waals surface area contributed by atoms with Crippen molar-refractivity contribution in [1.82, 2.24) is 9.80 Å². The van der Waals surface area contributed by atoms with Crippen molar-refractivity contribution in [2.45, 2.75) is 0 Å². The lowest BCUT2D eigenvalue weighted by atomic mass is 10.9. The summed E-state index contributed by atoms with van der Waals surface area (Å²) in [5.74, 6) is 0. The summed E-state index contributed by atoms with van der Waals surface area (Å²) in [5, 5.41) is 0. The van der Waals surface area contributed by atoms with Crippen LogP contribution in [0.3, 0.4) is 0 Å². The summed E-state index contributed by atoms with van der Waals surface area (Å²) in [6.45, 7) is 1.03. The van der Waals surface area contributed by atoms with Crippen LogP contribution >= 0.6 is 48.0 Å². The van der Waals surface area contributed by atoms with Crippen molar-refractivity contribution >= 4 is 48.0 Å². The first-order valence-corrected chi connectivity index (χ1v) is 2.38. The van der Waals surface area contributed by atoms with Crippen molar-refractivity contribution in [1.29, 1.82) is 0 Å². The van der Waals surface area contributed by atoms with Gasteiger partial charge in [-0.1, -0.05) is 0 Å². The fourth-order valence-electron chi connectivity index (χ4n) is 0.674. The molecule has 1 rings (SSSR count). The maximum Gasteiger partial charge on any atom is 0.0887 e. The zero-order valence-corrected chi connectivity index (χ0v) is 10.2. The minimum Gasteiger partial charge on any atom is -0.362 e. The van der Waals surface area contributed by atoms with Gasteiger partial charge in [0.1, 0.15) is 0 Å². The van der Waals surface area contributed by atoms with Crippen LogP contribution in [0, 0.1) is 0 Å². The first-order chi connectivity index (χ1) is 3.29. The fraction of sp³-hybridized carbons (Fsp3) is 0.600. The van der Waals surface area contributed by atoms with Gasteiger partial charge < -0.3 is 9.80 Å². The van der Waals surface area contributed by atoms with Crippen molar-refractivity contribution in [3.63, 3.8) is 0 Å². The van der Waals surface area contributed by atoms with Gasteiger partial charge in [-0.05, 0) is 0 Å². The molecule has 0 unspecified atom stereocenters. The molecular formula is C5H12I2N2. The third-order valence-corrected chi connectivity index (χ3v) is 1.02. The van der Waals surface area contributed by atoms with Gasteiger partial charge in [0, 0.05) is 26.5 Å². The molecule has 0 aliphatic carbocycles. The highest BCUT2D eigenvalue weighted by atomic mass is 127. The highest BCUT2D eigenvalue weighted by Gasteiger charge is 1.99. The van der Waals surface area contributed by atoms with E-state index < -0.39 is 0 Å². The lowest BCUT2D eigenvalue weighted by molar-refractivity contribution is 0.340. The molecule has 0 atom stereocenters. The van der Waals surface area contributed by atoms with E-state index in [0.29, 0.717) is 0 Å². The molecule has 1 heterocycles. The number of rotatable bonds is 0. The van der Waals surface area contributed by atoms with Crippen molar-refractivity contribution in [3.8, 4) is 0 Å². The lowest BCUT2D eigenvalue weighted by Crippen LogP contribution is -2.17. The largest absolute Gasteiger partial charge is 0.362 e. The molecule has 56 valence electrons. The Bertz CT molecular complexity index is 85.0. The van der Waals surface area contributed by atoms with E-state index in [1.807, 2.05) is 0 Å². The minimum atomic E-state index is 0. The van der Waals surface area contributed by atoms with Crippen LogP contribution in [0.1, 0.15) is 0 Å². The van der Waals surface area contributed by atoms with Gasteiger partial charge in [-0.2, -0.15) is 0 Å². The molecule has 1 aliphatic heterocycles. The molecule has 0 saturated carbocycles. The van der Waals surface area contributed by atoms with Crippen LogP contribution in [0.5, 0.6) is 0 Å². The Kier molecular flexibility index (Phi) is 7.73. The molecule has 0 saturated heterocycles. The summed E-state index contributed by atoms with van der Waals surface area (Å²) in [4.78, 5) is 4.25. The second-order valence-corrected chi connectivity index (χ2v) is 1.95. The first-order valence-electron chi connectivity index (χ1n) is 2.38. The molecule has 0 aromatic heterocycles. The Hall–Kier alpha value is 0.800. The maximum absolute atomic E-state index is 2.12. The number of nitrogens with zero attached hydrogens (tertiary/aromatic N) is 2. The van der Waals surface area contributed by atoms with Gasteiger partial charge in [-0.15, -0.1) is 48.0 Å². The van der Waals surface area contributed by atoms with Crippen LogP contribution in [0.25, 0.3) is 0 Å². The third kappa shape index (κ3) is 4.24. The molecule has 0 radical (unpaired) electrons. The molecule has 0 amide bonds. The van der Waals surface area contributed by atoms with Crippen LogP contribution in [0.4, 0.5) is 0 Å². The quantitative estimate of drug-likeness (QED) is 0.609. The molecule has 2 nitrogen and oxygen atoms in total. The van der Waals surface area contributed by atoms with E-state index in [-0.39, 0.29) is 48.0 Å². The number of hydrogen-bond acceptors (Lipinski definition) is 2. The average Bonchev–Trinajstić information content (AvgIpc) is 1.87. The van der Waals surface area contributed by atoms with E-state index >= 15 is 0 Å². The normalized spacial score (nSPS) is 14.9. The predicted octanol–water partition coefficient (Wildman–Crippen LogP) is 1.53. The van der Waals surface area contributed by atoms with Gasteiger partial charge >= 0.3 is 0 Å². The second-order valence-electron chi connectivity index (χ2n) is 1.95. The van der Waals surface area contributed by atoms with Gasteiger partial charge in [-0.3, -0.25) is 0 Å². The standard InChI is InChI=1S/C5H10N2.2HI/c1-6-3-4-7(2)5-6;;/h3-4H,5H2,1-2H3;2*1H. The highest BCUT2D eigenvalue weighted by Crippen LogP contribution is 1.97. The van der Waals surface area contributed by atoms with Crippen molar-refractivity contribution < 1.29 is 0 Å². The Morgan fingerprint density at radius 2 is 1.33 bits per heavy atom. The smallest absolute Gasteiger partial charge is 0.0887 e. The Morgan fingerprint density at radius 3 is 1.44 bits per heavy atom. The molecular weight excluding hydrogens is 342 g/mol. The number of halogens is 2. The SMILES string of the molecule is CN1C=CN(C)C1.I.I. The highest BCUT2D eigenvalue weighted by molar-refractivity contribution is 14.0. The van der Waals surface area contributed by atoms with Crippen molar-refractivity contribution in [2.24, 2.45) is 0 Å². The zero-order chi connectivity index (χ0) is 5.28. The molecule has 0 aromatic rings. The van der Waals surface area contributed by atoms with Gasteiger partial charge in [0.25, 0.3) is 0 Å². The van der Waals surface area contributed by atoms with E-state index in [1.54, 1.807) is 0 Å². The molecule has 9 heavy (non-hydrogen) atoms. The maximum atomic E-state index is 2.12. The fourth-order valence-corrected chi connectivity index (χ4v) is 0.674. The van der Waals surface area contributed by atoms with Crippen LogP contribution < -0.4 is 0 Å². The summed E-state index contributed by atoms with van der Waals surface area (Å²) < 4.78 is 0. The summed E-state index contributed by atoms with van der Waals surface area (Å²) in [5.41, 5.74) is 0. The van der Waals surface area contributed by atoms with Crippen molar-refractivity contribution in [3.05, 3.63) is 12.4 Å². The van der Waals surface area contributed by atoms with Crippen LogP contribution in [0.2, 0.25) is 0 Å². The van der Waals surface area contributed by atoms with E-state index in [2.05, 4.69) is 36.3 Å². The van der Waals surface area contributed by atoms with Crippen LogP contribution in [0.15, 0.2) is 12.4 Å². The predicted molar refractivity (Wildman–Crippen MR) is 60.4 cm³/mol. The topological polar surface area (TPSA) is 6.48 Å². The van der Waals surface area contributed by atoms with E-state index in [0.717, 1.165) is 6.67 Å². The first kappa shape index (κ1) is 12.5. The molecule has 0 aromatic carbocycles. The molecule has 4 heteroatoms. The van der Waals surface area contributed by atoms with Gasteiger partial charge in [0.05, 0.1) is 6.67 Å². The molecule has 0 spiro atoms. The number of hydrogen-bond donors (Lipinski definition) is 0. The van der Waals surface area contributed by atoms with Gasteiger partial charge in [0.2, 0.25) is 0 Å². The lowest BCUT2D eigenvalue weighted by Gasteiger charge is -2.10. The average molecular weight is 354 g/mol. The minimum absolute atomic E-state index is 0. The summed E-state index contributed by atoms with van der Waals surface area (Å²) in [6, 6.07) is 0. The van der Waals surface area contributed by atoms with Crippen LogP contribution in [-0.4, -0.2) is 30.6 Å². The summed E-state index contributed by atoms with van der Waals surface area (Å²) in [6.07, 6.45) is 4.11. The van der Waals surface area contributed by atoms with Gasteiger partial charge in [0.15, 0.2) is 0 Å². The summed E-state index contributed by atoms with van der Waals surface area (Å²) >= 11 is 0. The molecule has 0 N–H and O–H groups in total. The Labute approximate surface area is 90.3 Å². The monoisotopic (exact) mass is 354 g/mol. The van der Waals surface area contributed by atoms with E-state index in [9.17, 15) is 0 Å². The zero-order valence-electron chi connectivity index (χ0n) is 5.57. The Morgan fingerprint density at radius 1 is 1.00 bits per heavy atom. The van der Waals surface area contributed by atoms with E-state index in [1.165, 1.54) is 0 Å². The van der Waals surface area contributed by atoms with Crippen LogP contribution in [-0.2, 0) is 0 Å². The molecule has 1 aliphatic rings. The van der Waals surface area contributed by atoms with Gasteiger partial charge in [-0.25, -0.2) is 0 Å². The summed E-state index contributed by atoms with van der Waals surface area (Å²) in [7, 11) is 4.11. The van der Waals surface area contributed by atoms with Crippen molar-refractivity contribution in [2.75, 3.05) is 20.8 Å². The third-order valence-electron chi connectivity index (χ3n) is 1.02. The Balaban J connectivity index is 0. The second kappa shape index (κ2) is 5.57. The molecule has 0 bridgehead atoms.